The van der Waals surface area contributed by atoms with E-state index < -0.39 is 5.60 Å². The summed E-state index contributed by atoms with van der Waals surface area (Å²) in [6, 6.07) is 0.546. The lowest BCUT2D eigenvalue weighted by molar-refractivity contribution is -0.0188. The molecule has 14 heavy (non-hydrogen) atoms. The molecule has 1 saturated carbocycles. The molecule has 3 heteroatoms. The Hall–Kier alpha value is -0.120. The molecule has 0 spiro atoms. The zero-order valence-electron chi connectivity index (χ0n) is 9.55. The lowest BCUT2D eigenvalue weighted by atomic mass is 9.88. The molecule has 0 aromatic heterocycles. The monoisotopic (exact) mass is 201 g/mol. The zero-order valence-corrected chi connectivity index (χ0v) is 9.55. The third kappa shape index (κ3) is 3.56. The van der Waals surface area contributed by atoms with Gasteiger partial charge in [-0.05, 0) is 33.1 Å². The molecule has 1 fully saturated rings. The first-order valence-electron chi connectivity index (χ1n) is 5.64. The average Bonchev–Trinajstić information content (AvgIpc) is 2.09. The Morgan fingerprint density at radius 3 is 2.57 bits per heavy atom. The van der Waals surface area contributed by atoms with E-state index in [2.05, 4.69) is 5.32 Å². The van der Waals surface area contributed by atoms with Crippen molar-refractivity contribution in [3.63, 3.8) is 0 Å². The van der Waals surface area contributed by atoms with E-state index in [0.717, 1.165) is 25.9 Å². The molecule has 1 aliphatic rings. The molecule has 0 heterocycles. The van der Waals surface area contributed by atoms with E-state index in [9.17, 15) is 5.11 Å². The Balaban J connectivity index is 2.06. The van der Waals surface area contributed by atoms with E-state index in [-0.39, 0.29) is 0 Å². The highest BCUT2D eigenvalue weighted by molar-refractivity contribution is 4.88. The molecule has 0 aliphatic heterocycles. The van der Waals surface area contributed by atoms with Crippen molar-refractivity contribution in [1.82, 2.24) is 5.32 Å². The fourth-order valence-corrected chi connectivity index (χ4v) is 1.59. The largest absolute Gasteiger partial charge is 0.389 e. The SMILES string of the molecule is CCOC1CC(NCC(C)(O)CC)C1. The van der Waals surface area contributed by atoms with Gasteiger partial charge in [0.1, 0.15) is 0 Å². The highest BCUT2D eigenvalue weighted by Crippen LogP contribution is 2.23. The third-order valence-electron chi connectivity index (χ3n) is 3.03. The van der Waals surface area contributed by atoms with Crippen LogP contribution in [0.3, 0.4) is 0 Å². The lowest BCUT2D eigenvalue weighted by Gasteiger charge is -2.37. The van der Waals surface area contributed by atoms with Crippen LogP contribution in [0.2, 0.25) is 0 Å². The molecular weight excluding hydrogens is 178 g/mol. The maximum Gasteiger partial charge on any atom is 0.0741 e. The van der Waals surface area contributed by atoms with Gasteiger partial charge < -0.3 is 15.2 Å². The smallest absolute Gasteiger partial charge is 0.0741 e. The highest BCUT2D eigenvalue weighted by Gasteiger charge is 2.30. The van der Waals surface area contributed by atoms with Gasteiger partial charge in [0.25, 0.3) is 0 Å². The molecule has 1 unspecified atom stereocenters. The van der Waals surface area contributed by atoms with Crippen LogP contribution in [-0.4, -0.2) is 36.0 Å². The van der Waals surface area contributed by atoms with E-state index in [1.165, 1.54) is 0 Å². The summed E-state index contributed by atoms with van der Waals surface area (Å²) >= 11 is 0. The van der Waals surface area contributed by atoms with Crippen molar-refractivity contribution >= 4 is 0 Å². The summed E-state index contributed by atoms with van der Waals surface area (Å²) in [7, 11) is 0. The molecule has 0 radical (unpaired) electrons. The van der Waals surface area contributed by atoms with E-state index in [1.54, 1.807) is 0 Å². The van der Waals surface area contributed by atoms with Gasteiger partial charge in [-0.3, -0.25) is 0 Å². The standard InChI is InChI=1S/C11H23NO2/c1-4-11(3,13)8-12-9-6-10(7-9)14-5-2/h9-10,12-13H,4-8H2,1-3H3. The van der Waals surface area contributed by atoms with Crippen LogP contribution in [0.4, 0.5) is 0 Å². The van der Waals surface area contributed by atoms with Gasteiger partial charge in [-0.15, -0.1) is 0 Å². The summed E-state index contributed by atoms with van der Waals surface area (Å²) in [5.41, 5.74) is -0.559. The van der Waals surface area contributed by atoms with Crippen LogP contribution in [0.25, 0.3) is 0 Å². The first-order chi connectivity index (χ1) is 6.57. The molecule has 0 saturated heterocycles. The molecule has 1 atom stereocenters. The molecule has 0 aromatic rings. The maximum absolute atomic E-state index is 9.77. The van der Waals surface area contributed by atoms with Crippen LogP contribution >= 0.6 is 0 Å². The van der Waals surface area contributed by atoms with Crippen LogP contribution < -0.4 is 5.32 Å². The predicted octanol–water partition coefficient (Wildman–Crippen LogP) is 1.30. The van der Waals surface area contributed by atoms with Crippen molar-refractivity contribution in [3.8, 4) is 0 Å². The van der Waals surface area contributed by atoms with E-state index >= 15 is 0 Å². The first-order valence-corrected chi connectivity index (χ1v) is 5.64. The molecule has 0 aromatic carbocycles. The van der Waals surface area contributed by atoms with Gasteiger partial charge in [-0.1, -0.05) is 6.92 Å². The van der Waals surface area contributed by atoms with Gasteiger partial charge in [0, 0.05) is 19.2 Å². The van der Waals surface area contributed by atoms with Gasteiger partial charge in [0.2, 0.25) is 0 Å². The lowest BCUT2D eigenvalue weighted by Crippen LogP contribution is -2.50. The number of hydrogen-bond acceptors (Lipinski definition) is 3. The van der Waals surface area contributed by atoms with Crippen LogP contribution in [0.1, 0.15) is 40.0 Å². The van der Waals surface area contributed by atoms with Gasteiger partial charge in [-0.2, -0.15) is 0 Å². The quantitative estimate of drug-likeness (QED) is 0.680. The second-order valence-electron chi connectivity index (χ2n) is 4.48. The Morgan fingerprint density at radius 2 is 2.07 bits per heavy atom. The van der Waals surface area contributed by atoms with Crippen molar-refractivity contribution in [3.05, 3.63) is 0 Å². The predicted molar refractivity (Wildman–Crippen MR) is 57.4 cm³/mol. The van der Waals surface area contributed by atoms with Crippen LogP contribution in [0, 0.1) is 0 Å². The molecule has 84 valence electrons. The van der Waals surface area contributed by atoms with E-state index in [0.29, 0.717) is 18.7 Å². The number of ether oxygens (including phenoxy) is 1. The minimum Gasteiger partial charge on any atom is -0.389 e. The molecule has 1 rings (SSSR count). The van der Waals surface area contributed by atoms with E-state index in [4.69, 9.17) is 4.74 Å². The molecule has 0 bridgehead atoms. The molecule has 2 N–H and O–H groups in total. The summed E-state index contributed by atoms with van der Waals surface area (Å²) in [4.78, 5) is 0. The topological polar surface area (TPSA) is 41.5 Å². The minimum atomic E-state index is -0.559. The summed E-state index contributed by atoms with van der Waals surface area (Å²) < 4.78 is 5.46. The normalized spacial score (nSPS) is 30.9. The Kier molecular flexibility index (Phi) is 4.35. The first kappa shape index (κ1) is 12.0. The summed E-state index contributed by atoms with van der Waals surface area (Å²) in [5.74, 6) is 0. The van der Waals surface area contributed by atoms with Crippen LogP contribution in [0.5, 0.6) is 0 Å². The molecular formula is C11H23NO2. The molecule has 1 aliphatic carbocycles. The van der Waals surface area contributed by atoms with Crippen molar-refractivity contribution in [2.45, 2.75) is 57.8 Å². The fraction of sp³-hybridized carbons (Fsp3) is 1.00. The van der Waals surface area contributed by atoms with Gasteiger partial charge in [0.15, 0.2) is 0 Å². The maximum atomic E-state index is 9.77. The van der Waals surface area contributed by atoms with Crippen molar-refractivity contribution in [2.75, 3.05) is 13.2 Å². The number of rotatable bonds is 6. The van der Waals surface area contributed by atoms with Gasteiger partial charge in [0.05, 0.1) is 11.7 Å². The fourth-order valence-electron chi connectivity index (χ4n) is 1.59. The second kappa shape index (κ2) is 5.10. The average molecular weight is 201 g/mol. The Labute approximate surface area is 86.8 Å². The van der Waals surface area contributed by atoms with Crippen molar-refractivity contribution < 1.29 is 9.84 Å². The Morgan fingerprint density at radius 1 is 1.43 bits per heavy atom. The van der Waals surface area contributed by atoms with Crippen LogP contribution in [0.15, 0.2) is 0 Å². The van der Waals surface area contributed by atoms with Gasteiger partial charge in [-0.25, -0.2) is 0 Å². The zero-order chi connectivity index (χ0) is 10.6. The third-order valence-corrected chi connectivity index (χ3v) is 3.03. The second-order valence-corrected chi connectivity index (χ2v) is 4.48. The van der Waals surface area contributed by atoms with Crippen molar-refractivity contribution in [1.29, 1.82) is 0 Å². The summed E-state index contributed by atoms with van der Waals surface area (Å²) in [6.45, 7) is 7.41. The number of aliphatic hydroxyl groups is 1. The summed E-state index contributed by atoms with van der Waals surface area (Å²) in [5, 5.41) is 13.1. The Bertz CT molecular complexity index is 165. The number of hydrogen-bond donors (Lipinski definition) is 2. The van der Waals surface area contributed by atoms with E-state index in [1.807, 2.05) is 20.8 Å². The van der Waals surface area contributed by atoms with Crippen molar-refractivity contribution in [2.24, 2.45) is 0 Å². The molecule has 3 nitrogen and oxygen atoms in total. The highest BCUT2D eigenvalue weighted by atomic mass is 16.5. The molecule has 0 amide bonds. The summed E-state index contributed by atoms with van der Waals surface area (Å²) in [6.07, 6.45) is 3.42. The van der Waals surface area contributed by atoms with Crippen LogP contribution in [-0.2, 0) is 4.74 Å². The number of nitrogens with one attached hydrogen (secondary N) is 1. The van der Waals surface area contributed by atoms with Gasteiger partial charge >= 0.3 is 0 Å². The minimum absolute atomic E-state index is 0.448.